The van der Waals surface area contributed by atoms with E-state index in [1.807, 2.05) is 37.5 Å². The van der Waals surface area contributed by atoms with Crippen LogP contribution < -0.4 is 5.32 Å². The second kappa shape index (κ2) is 6.97. The van der Waals surface area contributed by atoms with Crippen LogP contribution in [0.15, 0.2) is 36.0 Å². The van der Waals surface area contributed by atoms with Gasteiger partial charge in [0.15, 0.2) is 0 Å². The van der Waals surface area contributed by atoms with Crippen LogP contribution in [-0.4, -0.2) is 20.4 Å². The molecule has 24 heavy (non-hydrogen) atoms. The third-order valence-electron chi connectivity index (χ3n) is 4.01. The first kappa shape index (κ1) is 16.4. The lowest BCUT2D eigenvalue weighted by molar-refractivity contribution is -0.121. The monoisotopic (exact) mass is 340 g/mol. The number of amides is 1. The summed E-state index contributed by atoms with van der Waals surface area (Å²) in [5.41, 5.74) is 5.25. The lowest BCUT2D eigenvalue weighted by Gasteiger charge is -2.10. The lowest BCUT2D eigenvalue weighted by atomic mass is 10.2. The van der Waals surface area contributed by atoms with Gasteiger partial charge in [0.05, 0.1) is 10.7 Å². The first-order valence-corrected chi connectivity index (χ1v) is 8.67. The van der Waals surface area contributed by atoms with Gasteiger partial charge in [-0.1, -0.05) is 0 Å². The van der Waals surface area contributed by atoms with Gasteiger partial charge in [-0.15, -0.1) is 11.3 Å². The molecule has 1 N–H and O–H groups in total. The van der Waals surface area contributed by atoms with E-state index in [0.717, 1.165) is 33.2 Å². The van der Waals surface area contributed by atoms with Gasteiger partial charge < -0.3 is 9.88 Å². The Bertz CT molecular complexity index is 851. The van der Waals surface area contributed by atoms with Crippen molar-refractivity contribution in [2.24, 2.45) is 0 Å². The summed E-state index contributed by atoms with van der Waals surface area (Å²) in [6, 6.07) is 5.89. The number of nitrogens with zero attached hydrogens (tertiary/aromatic N) is 3. The molecule has 0 unspecified atom stereocenters. The predicted molar refractivity (Wildman–Crippen MR) is 95.8 cm³/mol. The summed E-state index contributed by atoms with van der Waals surface area (Å²) in [6.45, 7) is 6.88. The fraction of sp³-hybridized carbons (Fsp3) is 0.278. The Morgan fingerprint density at radius 1 is 1.25 bits per heavy atom. The highest BCUT2D eigenvalue weighted by atomic mass is 32.1. The number of hydrogen-bond acceptors (Lipinski definition) is 4. The molecule has 0 spiro atoms. The zero-order chi connectivity index (χ0) is 17.1. The van der Waals surface area contributed by atoms with Gasteiger partial charge in [0, 0.05) is 41.3 Å². The third kappa shape index (κ3) is 3.54. The van der Waals surface area contributed by atoms with E-state index in [-0.39, 0.29) is 5.91 Å². The molecule has 0 saturated carbocycles. The van der Waals surface area contributed by atoms with Crippen LogP contribution in [0.5, 0.6) is 0 Å². The van der Waals surface area contributed by atoms with E-state index in [9.17, 15) is 4.79 Å². The molecule has 3 aromatic heterocycles. The number of thiazole rings is 1. The van der Waals surface area contributed by atoms with Crippen LogP contribution in [0.1, 0.15) is 22.0 Å². The average Bonchev–Trinajstić information content (AvgIpc) is 3.12. The smallest absolute Gasteiger partial charge is 0.240 e. The lowest BCUT2D eigenvalue weighted by Crippen LogP contribution is -2.27. The number of rotatable bonds is 5. The number of carbonyl (C=O) groups is 1. The van der Waals surface area contributed by atoms with Crippen molar-refractivity contribution in [2.75, 3.05) is 0 Å². The van der Waals surface area contributed by atoms with Crippen molar-refractivity contribution in [2.45, 2.75) is 33.9 Å². The van der Waals surface area contributed by atoms with Crippen molar-refractivity contribution in [3.8, 4) is 11.3 Å². The molecule has 0 aliphatic rings. The summed E-state index contributed by atoms with van der Waals surface area (Å²) < 4.78 is 2.03. The van der Waals surface area contributed by atoms with Gasteiger partial charge in [0.2, 0.25) is 5.91 Å². The Morgan fingerprint density at radius 2 is 2.00 bits per heavy atom. The molecule has 3 heterocycles. The fourth-order valence-corrected chi connectivity index (χ4v) is 3.30. The van der Waals surface area contributed by atoms with Gasteiger partial charge in [0.25, 0.3) is 0 Å². The van der Waals surface area contributed by atoms with Crippen LogP contribution in [0.25, 0.3) is 11.3 Å². The van der Waals surface area contributed by atoms with Crippen LogP contribution in [0.2, 0.25) is 0 Å². The van der Waals surface area contributed by atoms with Gasteiger partial charge in [-0.05, 0) is 44.5 Å². The summed E-state index contributed by atoms with van der Waals surface area (Å²) in [5, 5.41) is 6.06. The molecule has 0 aliphatic carbocycles. The molecule has 0 atom stereocenters. The van der Waals surface area contributed by atoms with Crippen LogP contribution in [0.4, 0.5) is 0 Å². The first-order chi connectivity index (χ1) is 11.5. The second-order valence-electron chi connectivity index (χ2n) is 5.75. The highest BCUT2D eigenvalue weighted by molar-refractivity contribution is 7.09. The molecule has 0 saturated heterocycles. The highest BCUT2D eigenvalue weighted by Gasteiger charge is 2.15. The van der Waals surface area contributed by atoms with Crippen molar-refractivity contribution in [3.05, 3.63) is 57.9 Å². The van der Waals surface area contributed by atoms with E-state index in [1.165, 1.54) is 0 Å². The standard InChI is InChI=1S/C18H20N4OS/c1-12-8-16(17-11-24-14(3)21-17)13(2)22(12)10-18(23)20-9-15-4-6-19-7-5-15/h4-8,11H,9-10H2,1-3H3,(H,20,23). The average molecular weight is 340 g/mol. The second-order valence-corrected chi connectivity index (χ2v) is 6.82. The molecule has 0 aliphatic heterocycles. The van der Waals surface area contributed by atoms with Crippen molar-refractivity contribution in [3.63, 3.8) is 0 Å². The van der Waals surface area contributed by atoms with Crippen LogP contribution >= 0.6 is 11.3 Å². The normalized spacial score (nSPS) is 10.8. The largest absolute Gasteiger partial charge is 0.350 e. The van der Waals surface area contributed by atoms with Gasteiger partial charge in [-0.25, -0.2) is 4.98 Å². The van der Waals surface area contributed by atoms with E-state index in [2.05, 4.69) is 26.7 Å². The number of nitrogens with one attached hydrogen (secondary N) is 1. The first-order valence-electron chi connectivity index (χ1n) is 7.79. The molecule has 5 nitrogen and oxygen atoms in total. The molecule has 1 amide bonds. The van der Waals surface area contributed by atoms with Crippen molar-refractivity contribution < 1.29 is 4.79 Å². The summed E-state index contributed by atoms with van der Waals surface area (Å²) in [7, 11) is 0. The molecule has 0 fully saturated rings. The summed E-state index contributed by atoms with van der Waals surface area (Å²) >= 11 is 1.64. The summed E-state index contributed by atoms with van der Waals surface area (Å²) in [4.78, 5) is 20.8. The van der Waals surface area contributed by atoms with Crippen LogP contribution in [-0.2, 0) is 17.9 Å². The van der Waals surface area contributed by atoms with Gasteiger partial charge >= 0.3 is 0 Å². The highest BCUT2D eigenvalue weighted by Crippen LogP contribution is 2.27. The molecule has 0 aromatic carbocycles. The molecule has 124 valence electrons. The van der Waals surface area contributed by atoms with Crippen LogP contribution in [0.3, 0.4) is 0 Å². The molecule has 6 heteroatoms. The zero-order valence-corrected chi connectivity index (χ0v) is 14.9. The number of hydrogen-bond donors (Lipinski definition) is 1. The maximum atomic E-state index is 12.3. The zero-order valence-electron chi connectivity index (χ0n) is 14.0. The molecule has 3 aromatic rings. The number of aryl methyl sites for hydroxylation is 2. The van der Waals surface area contributed by atoms with Crippen molar-refractivity contribution >= 4 is 17.2 Å². The minimum Gasteiger partial charge on any atom is -0.350 e. The SMILES string of the molecule is Cc1nc(-c2cc(C)n(CC(=O)NCc3ccncc3)c2C)cs1. The van der Waals surface area contributed by atoms with Gasteiger partial charge in [-0.3, -0.25) is 9.78 Å². The number of pyridine rings is 1. The topological polar surface area (TPSA) is 59.8 Å². The number of aromatic nitrogens is 3. The molecule has 0 bridgehead atoms. The van der Waals surface area contributed by atoms with Crippen LogP contribution in [0, 0.1) is 20.8 Å². The molecular weight excluding hydrogens is 320 g/mol. The van der Waals surface area contributed by atoms with E-state index >= 15 is 0 Å². The van der Waals surface area contributed by atoms with E-state index in [1.54, 1.807) is 23.7 Å². The Balaban J connectivity index is 1.71. The molecule has 0 radical (unpaired) electrons. The number of carbonyl (C=O) groups excluding carboxylic acids is 1. The Hall–Kier alpha value is -2.47. The van der Waals surface area contributed by atoms with Crippen molar-refractivity contribution in [1.82, 2.24) is 19.9 Å². The van der Waals surface area contributed by atoms with E-state index < -0.39 is 0 Å². The summed E-state index contributed by atoms with van der Waals surface area (Å²) in [5.74, 6) is -0.00498. The van der Waals surface area contributed by atoms with E-state index in [0.29, 0.717) is 13.1 Å². The van der Waals surface area contributed by atoms with E-state index in [4.69, 9.17) is 0 Å². The Labute approximate surface area is 145 Å². The van der Waals surface area contributed by atoms with Crippen molar-refractivity contribution in [1.29, 1.82) is 0 Å². The third-order valence-corrected chi connectivity index (χ3v) is 4.78. The minimum atomic E-state index is -0.00498. The maximum absolute atomic E-state index is 12.3. The molecule has 3 rings (SSSR count). The quantitative estimate of drug-likeness (QED) is 0.775. The van der Waals surface area contributed by atoms with Gasteiger partial charge in [0.1, 0.15) is 6.54 Å². The molecular formula is C18H20N4OS. The Kier molecular flexibility index (Phi) is 4.76. The van der Waals surface area contributed by atoms with Gasteiger partial charge in [-0.2, -0.15) is 0 Å². The fourth-order valence-electron chi connectivity index (χ4n) is 2.69. The Morgan fingerprint density at radius 3 is 2.67 bits per heavy atom. The summed E-state index contributed by atoms with van der Waals surface area (Å²) in [6.07, 6.45) is 3.45. The minimum absolute atomic E-state index is 0.00498. The maximum Gasteiger partial charge on any atom is 0.240 e. The predicted octanol–water partition coefficient (Wildman–Crippen LogP) is 3.25.